The molecule has 1 aliphatic carbocycles. The molecule has 1 heteroatoms. The van der Waals surface area contributed by atoms with Crippen molar-refractivity contribution in [1.29, 1.82) is 0 Å². The highest BCUT2D eigenvalue weighted by Crippen LogP contribution is 2.07. The SMILES string of the molecule is C=C/C=C1/C=CC=C/C1=N/C. The zero-order valence-corrected chi connectivity index (χ0v) is 6.62. The van der Waals surface area contributed by atoms with E-state index in [1.165, 1.54) is 0 Å². The van der Waals surface area contributed by atoms with Crippen molar-refractivity contribution in [1.82, 2.24) is 0 Å². The van der Waals surface area contributed by atoms with E-state index < -0.39 is 0 Å². The minimum absolute atomic E-state index is 1.01. The summed E-state index contributed by atoms with van der Waals surface area (Å²) in [5.74, 6) is 0. The number of allylic oxidation sites excluding steroid dienone is 7. The van der Waals surface area contributed by atoms with E-state index in [0.29, 0.717) is 0 Å². The monoisotopic (exact) mass is 145 g/mol. The van der Waals surface area contributed by atoms with E-state index in [0.717, 1.165) is 11.3 Å². The van der Waals surface area contributed by atoms with Crippen molar-refractivity contribution in [2.45, 2.75) is 0 Å². The molecule has 0 N–H and O–H groups in total. The summed E-state index contributed by atoms with van der Waals surface area (Å²) in [5.41, 5.74) is 2.12. The van der Waals surface area contributed by atoms with Gasteiger partial charge in [0.15, 0.2) is 0 Å². The minimum atomic E-state index is 1.01. The number of hydrogen-bond acceptors (Lipinski definition) is 1. The summed E-state index contributed by atoms with van der Waals surface area (Å²) in [6.45, 7) is 3.63. The van der Waals surface area contributed by atoms with E-state index >= 15 is 0 Å². The van der Waals surface area contributed by atoms with Gasteiger partial charge in [-0.15, -0.1) is 0 Å². The second kappa shape index (κ2) is 3.71. The molecule has 0 heterocycles. The van der Waals surface area contributed by atoms with Crippen LogP contribution < -0.4 is 0 Å². The Morgan fingerprint density at radius 3 is 2.73 bits per heavy atom. The van der Waals surface area contributed by atoms with E-state index in [2.05, 4.69) is 11.6 Å². The lowest BCUT2D eigenvalue weighted by Crippen LogP contribution is -1.98. The quantitative estimate of drug-likeness (QED) is 0.537. The molecular weight excluding hydrogens is 134 g/mol. The van der Waals surface area contributed by atoms with Gasteiger partial charge < -0.3 is 0 Å². The fraction of sp³-hybridized carbons (Fsp3) is 0.100. The van der Waals surface area contributed by atoms with Crippen molar-refractivity contribution >= 4 is 5.71 Å². The molecule has 0 fully saturated rings. The van der Waals surface area contributed by atoms with Crippen LogP contribution in [-0.2, 0) is 0 Å². The Morgan fingerprint density at radius 2 is 2.09 bits per heavy atom. The van der Waals surface area contributed by atoms with E-state index in [4.69, 9.17) is 0 Å². The number of nitrogens with zero attached hydrogens (tertiary/aromatic N) is 1. The van der Waals surface area contributed by atoms with Crippen LogP contribution in [0.15, 0.2) is 53.6 Å². The molecule has 0 saturated carbocycles. The van der Waals surface area contributed by atoms with Gasteiger partial charge in [-0.1, -0.05) is 37.0 Å². The molecule has 0 aliphatic heterocycles. The summed E-state index contributed by atoms with van der Waals surface area (Å²) < 4.78 is 0. The highest BCUT2D eigenvalue weighted by Gasteiger charge is 1.99. The van der Waals surface area contributed by atoms with Gasteiger partial charge in [-0.05, 0) is 11.6 Å². The van der Waals surface area contributed by atoms with Crippen molar-refractivity contribution in [3.8, 4) is 0 Å². The van der Waals surface area contributed by atoms with Gasteiger partial charge in [0.25, 0.3) is 0 Å². The third-order valence-corrected chi connectivity index (χ3v) is 1.48. The molecule has 0 unspecified atom stereocenters. The zero-order valence-electron chi connectivity index (χ0n) is 6.62. The smallest absolute Gasteiger partial charge is 0.0643 e. The molecule has 0 aromatic rings. The maximum absolute atomic E-state index is 4.11. The van der Waals surface area contributed by atoms with Crippen molar-refractivity contribution in [2.75, 3.05) is 7.05 Å². The molecule has 1 nitrogen and oxygen atoms in total. The summed E-state index contributed by atoms with van der Waals surface area (Å²) in [6.07, 6.45) is 11.7. The van der Waals surface area contributed by atoms with Crippen molar-refractivity contribution < 1.29 is 0 Å². The number of hydrogen-bond donors (Lipinski definition) is 0. The first kappa shape index (κ1) is 7.73. The summed E-state index contributed by atoms with van der Waals surface area (Å²) in [5, 5.41) is 0. The van der Waals surface area contributed by atoms with E-state index in [-0.39, 0.29) is 0 Å². The normalized spacial score (nSPS) is 23.0. The van der Waals surface area contributed by atoms with Gasteiger partial charge in [0.05, 0.1) is 5.71 Å². The van der Waals surface area contributed by atoms with Gasteiger partial charge in [-0.2, -0.15) is 0 Å². The summed E-state index contributed by atoms with van der Waals surface area (Å²) in [7, 11) is 1.79. The standard InChI is InChI=1S/C10H11N/c1-3-6-9-7-4-5-8-10(9)11-2/h3-8H,1H2,2H3/b9-6-,11-10-. The first-order chi connectivity index (χ1) is 5.38. The van der Waals surface area contributed by atoms with Gasteiger partial charge in [0.2, 0.25) is 0 Å². The average molecular weight is 145 g/mol. The van der Waals surface area contributed by atoms with Crippen LogP contribution in [0.3, 0.4) is 0 Å². The van der Waals surface area contributed by atoms with Crippen molar-refractivity contribution in [2.24, 2.45) is 4.99 Å². The molecular formula is C10H11N. The Balaban J connectivity index is 2.97. The maximum Gasteiger partial charge on any atom is 0.0643 e. The van der Waals surface area contributed by atoms with Gasteiger partial charge in [0.1, 0.15) is 0 Å². The molecule has 11 heavy (non-hydrogen) atoms. The number of aliphatic imine (C=N–C) groups is 1. The summed E-state index contributed by atoms with van der Waals surface area (Å²) in [4.78, 5) is 4.11. The molecule has 0 bridgehead atoms. The maximum atomic E-state index is 4.11. The molecule has 56 valence electrons. The van der Waals surface area contributed by atoms with Crippen LogP contribution in [0.2, 0.25) is 0 Å². The molecule has 0 aromatic carbocycles. The second-order valence-corrected chi connectivity index (χ2v) is 2.18. The second-order valence-electron chi connectivity index (χ2n) is 2.18. The van der Waals surface area contributed by atoms with Crippen molar-refractivity contribution in [3.63, 3.8) is 0 Å². The van der Waals surface area contributed by atoms with E-state index in [9.17, 15) is 0 Å². The molecule has 0 amide bonds. The van der Waals surface area contributed by atoms with Gasteiger partial charge in [-0.25, -0.2) is 0 Å². The fourth-order valence-electron chi connectivity index (χ4n) is 0.959. The topological polar surface area (TPSA) is 12.4 Å². The van der Waals surface area contributed by atoms with Crippen LogP contribution >= 0.6 is 0 Å². The lowest BCUT2D eigenvalue weighted by atomic mass is 10.1. The largest absolute Gasteiger partial charge is 0.288 e. The van der Waals surface area contributed by atoms with Crippen LogP contribution in [0, 0.1) is 0 Å². The molecule has 0 aromatic heterocycles. The van der Waals surface area contributed by atoms with Crippen molar-refractivity contribution in [3.05, 3.63) is 48.6 Å². The lowest BCUT2D eigenvalue weighted by molar-refractivity contribution is 1.43. The number of rotatable bonds is 1. The molecule has 0 atom stereocenters. The molecule has 0 spiro atoms. The Kier molecular flexibility index (Phi) is 2.61. The third-order valence-electron chi connectivity index (χ3n) is 1.48. The first-order valence-electron chi connectivity index (χ1n) is 3.53. The van der Waals surface area contributed by atoms with Crippen LogP contribution in [0.4, 0.5) is 0 Å². The van der Waals surface area contributed by atoms with Gasteiger partial charge in [-0.3, -0.25) is 4.99 Å². The molecule has 0 radical (unpaired) electrons. The Labute approximate surface area is 67.2 Å². The highest BCUT2D eigenvalue weighted by atomic mass is 14.7. The molecule has 1 rings (SSSR count). The summed E-state index contributed by atoms with van der Waals surface area (Å²) >= 11 is 0. The van der Waals surface area contributed by atoms with Gasteiger partial charge >= 0.3 is 0 Å². The lowest BCUT2D eigenvalue weighted by Gasteiger charge is -2.03. The van der Waals surface area contributed by atoms with Crippen LogP contribution in [0.1, 0.15) is 0 Å². The first-order valence-corrected chi connectivity index (χ1v) is 3.53. The minimum Gasteiger partial charge on any atom is -0.288 e. The van der Waals surface area contributed by atoms with Gasteiger partial charge in [0, 0.05) is 7.05 Å². The predicted octanol–water partition coefficient (Wildman–Crippen LogP) is 2.30. The zero-order chi connectivity index (χ0) is 8.10. The Bertz CT molecular complexity index is 265. The van der Waals surface area contributed by atoms with Crippen LogP contribution in [-0.4, -0.2) is 12.8 Å². The summed E-state index contributed by atoms with van der Waals surface area (Å²) in [6, 6.07) is 0. The Hall–Kier alpha value is -1.37. The van der Waals surface area contributed by atoms with E-state index in [1.807, 2.05) is 30.4 Å². The predicted molar refractivity (Wildman–Crippen MR) is 49.9 cm³/mol. The highest BCUT2D eigenvalue weighted by molar-refractivity contribution is 6.11. The molecule has 1 aliphatic rings. The Morgan fingerprint density at radius 1 is 1.36 bits per heavy atom. The average Bonchev–Trinajstić information content (AvgIpc) is 2.06. The van der Waals surface area contributed by atoms with Crippen LogP contribution in [0.25, 0.3) is 0 Å². The third kappa shape index (κ3) is 1.77. The van der Waals surface area contributed by atoms with E-state index in [1.54, 1.807) is 13.1 Å². The fourth-order valence-corrected chi connectivity index (χ4v) is 0.959. The molecule has 0 saturated heterocycles. The van der Waals surface area contributed by atoms with Crippen LogP contribution in [0.5, 0.6) is 0 Å².